The number of hydrogen-bond donors (Lipinski definition) is 1. The molecule has 0 radical (unpaired) electrons. The molecule has 0 spiro atoms. The number of ether oxygens (including phenoxy) is 4. The second-order valence-corrected chi connectivity index (χ2v) is 12.9. The number of rotatable bonds is 8. The lowest BCUT2D eigenvalue weighted by atomic mass is 9.92. The van der Waals surface area contributed by atoms with Gasteiger partial charge in [-0.3, -0.25) is 9.59 Å². The summed E-state index contributed by atoms with van der Waals surface area (Å²) in [5.74, 6) is -0.463. The first kappa shape index (κ1) is 33.1. The first-order chi connectivity index (χ1) is 18.4. The number of nitrogens with one attached hydrogen (secondary N) is 1. The normalized spacial score (nSPS) is 19.5. The SMILES string of the molecule is CC(C)(C)CC(=O)Nc1ncnn2c([C@H]3CC[C@@](C#N)(COC(=O)CC(C)(C)C)O3)ccc12.COC(C)(C)OC. The minimum absolute atomic E-state index is 0.110. The van der Waals surface area contributed by atoms with Crippen LogP contribution in [0.1, 0.15) is 92.9 Å². The van der Waals surface area contributed by atoms with Crippen molar-refractivity contribution in [1.29, 1.82) is 5.26 Å². The van der Waals surface area contributed by atoms with E-state index in [0.717, 1.165) is 5.69 Å². The summed E-state index contributed by atoms with van der Waals surface area (Å²) >= 11 is 0. The van der Waals surface area contributed by atoms with Gasteiger partial charge in [0.1, 0.15) is 30.6 Å². The number of fused-ring (bicyclic) bond motifs is 1. The van der Waals surface area contributed by atoms with Gasteiger partial charge in [0.15, 0.2) is 17.2 Å². The standard InChI is InChI=1S/C24H33N5O4.C5H12O2/c1-22(2,3)11-19(30)28-21-17-8-7-16(29(17)27-15-26-21)18-9-10-24(13-25,33-18)14-32-20(31)12-23(4,5)6;1-5(2,6-3)7-4/h7-8,15,18H,9-12,14H2,1-6H3,(H,26,27,28,30);1-4H3/t18-,24-;/m1./s1. The van der Waals surface area contributed by atoms with Gasteiger partial charge in [-0.25, -0.2) is 9.50 Å². The number of amides is 1. The first-order valence-corrected chi connectivity index (χ1v) is 13.4. The molecule has 0 saturated carbocycles. The Kier molecular flexibility index (Phi) is 10.8. The van der Waals surface area contributed by atoms with Crippen LogP contribution in [0.15, 0.2) is 18.5 Å². The maximum Gasteiger partial charge on any atom is 0.306 e. The van der Waals surface area contributed by atoms with Gasteiger partial charge < -0.3 is 24.3 Å². The monoisotopic (exact) mass is 559 g/mol. The number of aromatic nitrogens is 3. The Morgan fingerprint density at radius 3 is 2.25 bits per heavy atom. The van der Waals surface area contributed by atoms with Crippen LogP contribution < -0.4 is 5.32 Å². The van der Waals surface area contributed by atoms with Crippen LogP contribution in [0.25, 0.3) is 5.52 Å². The first-order valence-electron chi connectivity index (χ1n) is 13.4. The summed E-state index contributed by atoms with van der Waals surface area (Å²) in [6.07, 6.45) is 2.62. The lowest BCUT2D eigenvalue weighted by molar-refractivity contribution is -0.178. The summed E-state index contributed by atoms with van der Waals surface area (Å²) in [5.41, 5.74) is -0.143. The summed E-state index contributed by atoms with van der Waals surface area (Å²) < 4.78 is 22.9. The van der Waals surface area contributed by atoms with E-state index in [1.165, 1.54) is 6.33 Å². The molecule has 2 aromatic heterocycles. The van der Waals surface area contributed by atoms with E-state index in [-0.39, 0.29) is 35.7 Å². The van der Waals surface area contributed by atoms with Crippen molar-refractivity contribution >= 4 is 23.2 Å². The highest BCUT2D eigenvalue weighted by Gasteiger charge is 2.43. The van der Waals surface area contributed by atoms with Crippen molar-refractivity contribution in [3.63, 3.8) is 0 Å². The highest BCUT2D eigenvalue weighted by atomic mass is 16.7. The van der Waals surface area contributed by atoms with Gasteiger partial charge in [0.2, 0.25) is 5.91 Å². The van der Waals surface area contributed by atoms with E-state index in [0.29, 0.717) is 30.6 Å². The molecule has 1 fully saturated rings. The predicted molar refractivity (Wildman–Crippen MR) is 150 cm³/mol. The molecule has 1 aliphatic heterocycles. The van der Waals surface area contributed by atoms with Crippen LogP contribution in [0, 0.1) is 22.2 Å². The third kappa shape index (κ3) is 9.84. The number of nitriles is 1. The van der Waals surface area contributed by atoms with E-state index in [1.807, 2.05) is 67.5 Å². The molecule has 11 nitrogen and oxygen atoms in total. The largest absolute Gasteiger partial charge is 0.461 e. The van der Waals surface area contributed by atoms with Crippen LogP contribution in [0.5, 0.6) is 0 Å². The number of nitrogens with zero attached hydrogens (tertiary/aromatic N) is 4. The molecule has 0 aromatic carbocycles. The van der Waals surface area contributed by atoms with Crippen LogP contribution in [-0.4, -0.2) is 58.7 Å². The van der Waals surface area contributed by atoms with Gasteiger partial charge in [-0.2, -0.15) is 10.4 Å². The molecular weight excluding hydrogens is 514 g/mol. The average molecular weight is 560 g/mol. The quantitative estimate of drug-likeness (QED) is 0.341. The van der Waals surface area contributed by atoms with Crippen molar-refractivity contribution in [3.8, 4) is 6.07 Å². The fourth-order valence-electron chi connectivity index (χ4n) is 3.90. The molecule has 2 aromatic rings. The Balaban J connectivity index is 0.000000708. The van der Waals surface area contributed by atoms with Crippen molar-refractivity contribution in [1.82, 2.24) is 14.6 Å². The Labute approximate surface area is 237 Å². The van der Waals surface area contributed by atoms with E-state index in [4.69, 9.17) is 18.9 Å². The zero-order chi connectivity index (χ0) is 30.4. The van der Waals surface area contributed by atoms with Crippen molar-refractivity contribution in [2.24, 2.45) is 10.8 Å². The zero-order valence-electron chi connectivity index (χ0n) is 25.6. The minimum Gasteiger partial charge on any atom is -0.461 e. The second-order valence-electron chi connectivity index (χ2n) is 12.9. The van der Waals surface area contributed by atoms with Crippen LogP contribution >= 0.6 is 0 Å². The Hall–Kier alpha value is -3.07. The summed E-state index contributed by atoms with van der Waals surface area (Å²) in [6.45, 7) is 15.5. The molecule has 222 valence electrons. The van der Waals surface area contributed by atoms with Crippen molar-refractivity contribution < 1.29 is 28.5 Å². The minimum atomic E-state index is -1.20. The molecule has 0 unspecified atom stereocenters. The molecule has 11 heteroatoms. The lowest BCUT2D eigenvalue weighted by Gasteiger charge is -2.23. The highest BCUT2D eigenvalue weighted by Crippen LogP contribution is 2.40. The van der Waals surface area contributed by atoms with Crippen molar-refractivity contribution in [2.75, 3.05) is 26.1 Å². The van der Waals surface area contributed by atoms with Crippen LogP contribution in [0.2, 0.25) is 0 Å². The third-order valence-corrected chi connectivity index (χ3v) is 6.27. The maximum absolute atomic E-state index is 12.4. The number of esters is 1. The van der Waals surface area contributed by atoms with E-state index in [2.05, 4.69) is 21.5 Å². The predicted octanol–water partition coefficient (Wildman–Crippen LogP) is 5.21. The topological polar surface area (TPSA) is 137 Å². The Morgan fingerprint density at radius 2 is 1.73 bits per heavy atom. The molecule has 1 N–H and O–H groups in total. The molecule has 3 heterocycles. The van der Waals surface area contributed by atoms with Gasteiger partial charge in [0, 0.05) is 20.6 Å². The summed E-state index contributed by atoms with van der Waals surface area (Å²) in [4.78, 5) is 28.7. The number of carbonyl (C=O) groups excluding carboxylic acids is 2. The number of hydrogen-bond acceptors (Lipinski definition) is 9. The van der Waals surface area contributed by atoms with Crippen molar-refractivity contribution in [3.05, 3.63) is 24.2 Å². The van der Waals surface area contributed by atoms with Gasteiger partial charge >= 0.3 is 5.97 Å². The maximum atomic E-state index is 12.4. The third-order valence-electron chi connectivity index (χ3n) is 6.27. The van der Waals surface area contributed by atoms with Crippen molar-refractivity contribution in [2.45, 2.75) is 98.6 Å². The number of methoxy groups -OCH3 is 2. The summed E-state index contributed by atoms with van der Waals surface area (Å²) in [6, 6.07) is 5.87. The van der Waals surface area contributed by atoms with Gasteiger partial charge in [0.25, 0.3) is 0 Å². The van der Waals surface area contributed by atoms with E-state index in [1.54, 1.807) is 18.7 Å². The van der Waals surface area contributed by atoms with Gasteiger partial charge in [-0.05, 0) is 49.7 Å². The van der Waals surface area contributed by atoms with Crippen LogP contribution in [0.3, 0.4) is 0 Å². The van der Waals surface area contributed by atoms with E-state index in [9.17, 15) is 14.9 Å². The fourth-order valence-corrected chi connectivity index (χ4v) is 3.90. The summed E-state index contributed by atoms with van der Waals surface area (Å²) in [5, 5.41) is 17.0. The molecule has 1 aliphatic rings. The van der Waals surface area contributed by atoms with Gasteiger partial charge in [-0.15, -0.1) is 0 Å². The van der Waals surface area contributed by atoms with E-state index < -0.39 is 17.5 Å². The fraction of sp³-hybridized carbons (Fsp3) is 0.690. The van der Waals surface area contributed by atoms with Crippen LogP contribution in [-0.2, 0) is 28.5 Å². The number of carbonyl (C=O) groups is 2. The smallest absolute Gasteiger partial charge is 0.306 e. The van der Waals surface area contributed by atoms with Crippen LogP contribution in [0.4, 0.5) is 5.82 Å². The molecule has 2 atom stereocenters. The average Bonchev–Trinajstić information content (AvgIpc) is 3.46. The Bertz CT molecular complexity index is 1200. The lowest BCUT2D eigenvalue weighted by Crippen LogP contribution is -2.34. The second kappa shape index (κ2) is 13.1. The van der Waals surface area contributed by atoms with E-state index >= 15 is 0 Å². The molecule has 1 amide bonds. The molecule has 1 saturated heterocycles. The Morgan fingerprint density at radius 1 is 1.10 bits per heavy atom. The highest BCUT2D eigenvalue weighted by molar-refractivity contribution is 5.93. The molecular formula is C29H45N5O6. The summed E-state index contributed by atoms with van der Waals surface area (Å²) in [7, 11) is 3.23. The zero-order valence-corrected chi connectivity index (χ0v) is 25.6. The number of anilines is 1. The van der Waals surface area contributed by atoms with Gasteiger partial charge in [0.05, 0.1) is 12.1 Å². The molecule has 40 heavy (non-hydrogen) atoms. The molecule has 3 rings (SSSR count). The van der Waals surface area contributed by atoms with Gasteiger partial charge in [-0.1, -0.05) is 41.5 Å². The molecule has 0 aliphatic carbocycles. The molecule has 0 bridgehead atoms.